The topological polar surface area (TPSA) is 69.4 Å². The smallest absolute Gasteiger partial charge is 0.246 e. The number of carbonyl (C=O) groups is 2. The van der Waals surface area contributed by atoms with Gasteiger partial charge in [-0.2, -0.15) is 0 Å². The van der Waals surface area contributed by atoms with Gasteiger partial charge in [-0.05, 0) is 29.2 Å². The molecule has 0 amide bonds. The van der Waals surface area contributed by atoms with Crippen LogP contribution in [0.15, 0.2) is 95.9 Å². The van der Waals surface area contributed by atoms with E-state index in [-0.39, 0.29) is 17.0 Å². The second kappa shape index (κ2) is 7.64. The number of anilines is 1. The minimum Gasteiger partial charge on any atom is -0.444 e. The summed E-state index contributed by atoms with van der Waals surface area (Å²) in [5, 5.41) is 3.36. The lowest BCUT2D eigenvalue weighted by molar-refractivity contribution is -0.361. The maximum absolute atomic E-state index is 13.8. The molecule has 3 aromatic carbocycles. The maximum atomic E-state index is 13.8. The standard InChI is InChI=1S/C30H24N2O3/c1-30(2,3)17-13-14-21-23(15-17)35-24-16-22(31-18-9-5-4-6-10-18)25-26(27(24)32-21)29(34)20-12-8-7-11-19(20)28(25)33/h4-16,26,31H,1-3H3/p+1. The number of ether oxygens (including phenoxy) is 1. The molecule has 1 atom stereocenters. The first-order chi connectivity index (χ1) is 16.8. The Kier molecular flexibility index (Phi) is 4.65. The van der Waals surface area contributed by atoms with Gasteiger partial charge in [0.1, 0.15) is 5.92 Å². The van der Waals surface area contributed by atoms with Crippen molar-refractivity contribution in [1.29, 1.82) is 0 Å². The Morgan fingerprint density at radius 3 is 2.34 bits per heavy atom. The molecule has 5 nitrogen and oxygen atoms in total. The molecule has 1 aliphatic heterocycles. The van der Waals surface area contributed by atoms with E-state index in [2.05, 4.69) is 37.1 Å². The summed E-state index contributed by atoms with van der Waals surface area (Å²) in [6, 6.07) is 22.7. The van der Waals surface area contributed by atoms with Gasteiger partial charge in [0.05, 0.1) is 5.70 Å². The van der Waals surface area contributed by atoms with Crippen LogP contribution in [0.3, 0.4) is 0 Å². The van der Waals surface area contributed by atoms with E-state index >= 15 is 0 Å². The fourth-order valence-corrected chi connectivity index (χ4v) is 4.88. The second-order valence-corrected chi connectivity index (χ2v) is 10.1. The van der Waals surface area contributed by atoms with Crippen LogP contribution >= 0.6 is 0 Å². The number of hydrogen-bond donors (Lipinski definition) is 2. The summed E-state index contributed by atoms with van der Waals surface area (Å²) in [5.74, 6) is 0.191. The number of hydrogen-bond acceptors (Lipinski definition) is 4. The summed E-state index contributed by atoms with van der Waals surface area (Å²) in [6.45, 7) is 6.47. The van der Waals surface area contributed by atoms with E-state index in [9.17, 15) is 9.59 Å². The summed E-state index contributed by atoms with van der Waals surface area (Å²) in [7, 11) is 0. The van der Waals surface area contributed by atoms with Gasteiger partial charge < -0.3 is 10.1 Å². The van der Waals surface area contributed by atoms with Crippen LogP contribution < -0.4 is 15.0 Å². The molecule has 5 heteroatoms. The third kappa shape index (κ3) is 3.43. The molecule has 6 rings (SSSR count). The van der Waals surface area contributed by atoms with Gasteiger partial charge in [0, 0.05) is 34.5 Å². The predicted molar refractivity (Wildman–Crippen MR) is 135 cm³/mol. The summed E-state index contributed by atoms with van der Waals surface area (Å²) >= 11 is 0. The number of carbonyl (C=O) groups excluding carboxylic acids is 2. The highest BCUT2D eigenvalue weighted by molar-refractivity contribution is 6.32. The number of ketones is 2. The van der Waals surface area contributed by atoms with Crippen molar-refractivity contribution >= 4 is 28.7 Å². The van der Waals surface area contributed by atoms with Gasteiger partial charge in [0.2, 0.25) is 11.4 Å². The highest BCUT2D eigenvalue weighted by Gasteiger charge is 2.49. The summed E-state index contributed by atoms with van der Waals surface area (Å²) in [6.07, 6.45) is 1.83. The third-order valence-corrected chi connectivity index (χ3v) is 6.74. The Morgan fingerprint density at radius 1 is 0.886 bits per heavy atom. The summed E-state index contributed by atoms with van der Waals surface area (Å²) in [4.78, 5) is 30.9. The number of benzene rings is 3. The van der Waals surface area contributed by atoms with Crippen LogP contribution in [0.5, 0.6) is 5.75 Å². The average molecular weight is 462 g/mol. The van der Waals surface area contributed by atoms with Crippen LogP contribution in [0, 0.1) is 5.92 Å². The molecule has 0 fully saturated rings. The number of nitrogens with one attached hydrogen (secondary N) is 2. The van der Waals surface area contributed by atoms with E-state index in [1.807, 2.05) is 48.5 Å². The number of para-hydroxylation sites is 1. The SMILES string of the molecule is CC(C)(C)c1ccc2c(c1)OC1=CC(Nc3ccccc3)=C3C(=O)c4ccccc4C(=O)C3C1=[NH+]2. The van der Waals surface area contributed by atoms with Crippen LogP contribution in [0.2, 0.25) is 0 Å². The Hall–Kier alpha value is -4.25. The molecular formula is C30H25N2O3+. The average Bonchev–Trinajstić information content (AvgIpc) is 2.85. The first-order valence-electron chi connectivity index (χ1n) is 11.7. The molecule has 0 radical (unpaired) electrons. The van der Waals surface area contributed by atoms with Crippen LogP contribution in [0.1, 0.15) is 47.1 Å². The summed E-state index contributed by atoms with van der Waals surface area (Å²) < 4.78 is 6.38. The molecule has 2 N–H and O–H groups in total. The molecule has 1 unspecified atom stereocenters. The van der Waals surface area contributed by atoms with Crippen LogP contribution in [0.4, 0.5) is 11.4 Å². The molecular weight excluding hydrogens is 436 g/mol. The Balaban J connectivity index is 1.55. The Labute approximate surface area is 203 Å². The summed E-state index contributed by atoms with van der Waals surface area (Å²) in [5.41, 5.74) is 5.20. The number of allylic oxidation sites excluding steroid dienone is 3. The van der Waals surface area contributed by atoms with Crippen molar-refractivity contribution in [2.45, 2.75) is 26.2 Å². The van der Waals surface area contributed by atoms with E-state index in [1.54, 1.807) is 24.3 Å². The second-order valence-electron chi connectivity index (χ2n) is 10.1. The van der Waals surface area contributed by atoms with E-state index in [0.29, 0.717) is 39.6 Å². The zero-order chi connectivity index (χ0) is 24.3. The highest BCUT2D eigenvalue weighted by atomic mass is 16.5. The molecule has 3 aliphatic rings. The monoisotopic (exact) mass is 461 g/mol. The van der Waals surface area contributed by atoms with Crippen LogP contribution in [-0.2, 0) is 5.41 Å². The van der Waals surface area contributed by atoms with E-state index in [4.69, 9.17) is 4.74 Å². The normalized spacial score (nSPS) is 18.4. The van der Waals surface area contributed by atoms with Gasteiger partial charge in [-0.15, -0.1) is 0 Å². The van der Waals surface area contributed by atoms with Crippen molar-refractivity contribution in [2.75, 3.05) is 5.32 Å². The van der Waals surface area contributed by atoms with Gasteiger partial charge >= 0.3 is 0 Å². The number of fused-ring (bicyclic) bond motifs is 5. The van der Waals surface area contributed by atoms with Gasteiger partial charge in [0.15, 0.2) is 23.1 Å². The van der Waals surface area contributed by atoms with Crippen molar-refractivity contribution < 1.29 is 19.3 Å². The number of rotatable bonds is 2. The van der Waals surface area contributed by atoms with E-state index in [1.165, 1.54) is 0 Å². The molecule has 1 heterocycles. The highest BCUT2D eigenvalue weighted by Crippen LogP contribution is 2.40. The first kappa shape index (κ1) is 21.3. The fraction of sp³-hybridized carbons (Fsp3) is 0.167. The fourth-order valence-electron chi connectivity index (χ4n) is 4.88. The molecule has 0 bridgehead atoms. The molecule has 35 heavy (non-hydrogen) atoms. The van der Waals surface area contributed by atoms with Gasteiger partial charge in [-0.3, -0.25) is 9.59 Å². The predicted octanol–water partition coefficient (Wildman–Crippen LogP) is 4.49. The third-order valence-electron chi connectivity index (χ3n) is 6.74. The Bertz CT molecular complexity index is 1500. The molecule has 0 saturated heterocycles. The van der Waals surface area contributed by atoms with Gasteiger partial charge in [-0.25, -0.2) is 4.99 Å². The molecule has 2 aliphatic carbocycles. The first-order valence-corrected chi connectivity index (χ1v) is 11.7. The van der Waals surface area contributed by atoms with Gasteiger partial charge in [0.25, 0.3) is 0 Å². The minimum absolute atomic E-state index is 0.0358. The zero-order valence-corrected chi connectivity index (χ0v) is 19.8. The van der Waals surface area contributed by atoms with Crippen LogP contribution in [0.25, 0.3) is 0 Å². The quantitative estimate of drug-likeness (QED) is 0.590. The minimum atomic E-state index is -0.779. The van der Waals surface area contributed by atoms with Gasteiger partial charge in [-0.1, -0.05) is 69.3 Å². The lowest BCUT2D eigenvalue weighted by Crippen LogP contribution is -2.72. The zero-order valence-electron chi connectivity index (χ0n) is 19.8. The van der Waals surface area contributed by atoms with Crippen molar-refractivity contribution in [1.82, 2.24) is 0 Å². The molecule has 172 valence electrons. The van der Waals surface area contributed by atoms with Crippen LogP contribution in [-0.4, -0.2) is 17.3 Å². The number of Topliss-reactive ketones (excluding diaryl/α,β-unsaturated/α-hetero) is 2. The largest absolute Gasteiger partial charge is 0.444 e. The van der Waals surface area contributed by atoms with Crippen molar-refractivity contribution in [3.05, 3.63) is 113 Å². The molecule has 3 aromatic rings. The molecule has 0 saturated carbocycles. The molecule has 0 aromatic heterocycles. The van der Waals surface area contributed by atoms with Crippen molar-refractivity contribution in [3.8, 4) is 5.75 Å². The Morgan fingerprint density at radius 2 is 1.60 bits per heavy atom. The van der Waals surface area contributed by atoms with Crippen molar-refractivity contribution in [2.24, 2.45) is 5.92 Å². The lowest BCUT2D eigenvalue weighted by Gasteiger charge is -2.31. The maximum Gasteiger partial charge on any atom is 0.246 e. The van der Waals surface area contributed by atoms with E-state index < -0.39 is 5.92 Å². The molecule has 0 spiro atoms. The lowest BCUT2D eigenvalue weighted by atomic mass is 9.72. The van der Waals surface area contributed by atoms with Crippen molar-refractivity contribution in [3.63, 3.8) is 0 Å². The van der Waals surface area contributed by atoms with E-state index in [0.717, 1.165) is 16.9 Å².